The molecule has 0 unspecified atom stereocenters. The largest absolute Gasteiger partial charge is 0.120 e. The average Bonchev–Trinajstić information content (AvgIpc) is 2.56. The molecule has 0 radical (unpaired) electrons. The van der Waals surface area contributed by atoms with Crippen LogP contribution in [0.15, 0.2) is 36.4 Å². The Morgan fingerprint density at radius 2 is 1.14 bits per heavy atom. The van der Waals surface area contributed by atoms with Gasteiger partial charge in [0.05, 0.1) is 10.8 Å². The number of hydrogen-bond donors (Lipinski definition) is 0. The molecule has 0 amide bonds. The second-order valence-electron chi connectivity index (χ2n) is 6.93. The lowest BCUT2D eigenvalue weighted by molar-refractivity contribution is 0.531. The number of aryl methyl sites for hydroxylation is 2. The predicted molar refractivity (Wildman–Crippen MR) is 92.5 cm³/mol. The molecular weight excluding hydrogens is 311 g/mol. The number of alkyl halides is 2. The number of fused-ring (bicyclic) bond motifs is 2. The first kappa shape index (κ1) is 13.5. The van der Waals surface area contributed by atoms with Gasteiger partial charge >= 0.3 is 0 Å². The maximum absolute atomic E-state index is 6.77. The smallest absolute Gasteiger partial charge is 0.0618 e. The molecule has 112 valence electrons. The van der Waals surface area contributed by atoms with Gasteiger partial charge in [0, 0.05) is 11.8 Å². The van der Waals surface area contributed by atoms with E-state index in [4.69, 9.17) is 23.2 Å². The fourth-order valence-corrected chi connectivity index (χ4v) is 5.66. The Bertz CT molecular complexity index is 700. The molecule has 2 bridgehead atoms. The minimum absolute atomic E-state index is 0.00397. The summed E-state index contributed by atoms with van der Waals surface area (Å²) in [6.07, 6.45) is 5.08. The summed E-state index contributed by atoms with van der Waals surface area (Å²) in [5, 5.41) is -0.00795. The molecule has 6 rings (SSSR count). The third kappa shape index (κ3) is 1.66. The quantitative estimate of drug-likeness (QED) is 0.570. The van der Waals surface area contributed by atoms with Gasteiger partial charge in [0.1, 0.15) is 0 Å². The minimum Gasteiger partial charge on any atom is -0.120 e. The maximum atomic E-state index is 6.77. The zero-order valence-corrected chi connectivity index (χ0v) is 13.9. The maximum Gasteiger partial charge on any atom is 0.0618 e. The lowest BCUT2D eigenvalue weighted by atomic mass is 9.62. The van der Waals surface area contributed by atoms with Crippen molar-refractivity contribution in [2.45, 2.75) is 48.3 Å². The topological polar surface area (TPSA) is 0 Å². The molecule has 0 fully saturated rings. The summed E-state index contributed by atoms with van der Waals surface area (Å²) in [6, 6.07) is 13.7. The summed E-state index contributed by atoms with van der Waals surface area (Å²) < 4.78 is 0. The van der Waals surface area contributed by atoms with E-state index in [1.165, 1.54) is 47.9 Å². The molecule has 0 aromatic heterocycles. The van der Waals surface area contributed by atoms with E-state index in [1.54, 1.807) is 11.1 Å². The molecule has 4 atom stereocenters. The van der Waals surface area contributed by atoms with E-state index >= 15 is 0 Å². The monoisotopic (exact) mass is 328 g/mol. The van der Waals surface area contributed by atoms with Crippen LogP contribution < -0.4 is 0 Å². The molecule has 0 spiro atoms. The summed E-state index contributed by atoms with van der Waals surface area (Å²) >= 11 is 13.5. The normalized spacial score (nSPS) is 31.4. The summed E-state index contributed by atoms with van der Waals surface area (Å²) in [7, 11) is 0. The molecule has 2 aromatic rings. The van der Waals surface area contributed by atoms with Crippen LogP contribution in [0.5, 0.6) is 0 Å². The Morgan fingerprint density at radius 1 is 0.682 bits per heavy atom. The van der Waals surface area contributed by atoms with E-state index in [9.17, 15) is 0 Å². The first-order valence-corrected chi connectivity index (χ1v) is 9.15. The van der Waals surface area contributed by atoms with Crippen LogP contribution >= 0.6 is 23.2 Å². The number of hydrogen-bond acceptors (Lipinski definition) is 0. The SMILES string of the molecule is Cl[C@@H]1[C@@H]2c3ccccc3[C@@H](c3cc4c(cc32)CCCC4)[C@@H]1Cl. The van der Waals surface area contributed by atoms with E-state index in [0.29, 0.717) is 0 Å². The highest BCUT2D eigenvalue weighted by molar-refractivity contribution is 6.31. The van der Waals surface area contributed by atoms with Crippen LogP contribution in [0.3, 0.4) is 0 Å². The molecule has 0 N–H and O–H groups in total. The van der Waals surface area contributed by atoms with Gasteiger partial charge in [0.25, 0.3) is 0 Å². The van der Waals surface area contributed by atoms with Crippen molar-refractivity contribution in [2.24, 2.45) is 0 Å². The van der Waals surface area contributed by atoms with Gasteiger partial charge in [-0.3, -0.25) is 0 Å². The third-order valence-corrected chi connectivity index (χ3v) is 7.00. The molecule has 22 heavy (non-hydrogen) atoms. The number of halogens is 2. The summed E-state index contributed by atoms with van der Waals surface area (Å²) in [5.41, 5.74) is 8.78. The molecular formula is C20H18Cl2. The van der Waals surface area contributed by atoms with Gasteiger partial charge < -0.3 is 0 Å². The van der Waals surface area contributed by atoms with Crippen LogP contribution in [-0.2, 0) is 12.8 Å². The number of benzene rings is 2. The highest BCUT2D eigenvalue weighted by atomic mass is 35.5. The Hall–Kier alpha value is -0.980. The van der Waals surface area contributed by atoms with Crippen molar-refractivity contribution >= 4 is 23.2 Å². The molecule has 4 aliphatic carbocycles. The third-order valence-electron chi connectivity index (χ3n) is 5.82. The zero-order chi connectivity index (χ0) is 14.8. The van der Waals surface area contributed by atoms with Gasteiger partial charge in [-0.15, -0.1) is 23.2 Å². The summed E-state index contributed by atoms with van der Waals surface area (Å²) in [6.45, 7) is 0. The average molecular weight is 329 g/mol. The fraction of sp³-hybridized carbons (Fsp3) is 0.400. The van der Waals surface area contributed by atoms with Crippen molar-refractivity contribution in [3.05, 3.63) is 69.8 Å². The Morgan fingerprint density at radius 3 is 1.59 bits per heavy atom. The van der Waals surface area contributed by atoms with Gasteiger partial charge in [-0.1, -0.05) is 36.4 Å². The second-order valence-corrected chi connectivity index (χ2v) is 7.94. The summed E-state index contributed by atoms with van der Waals surface area (Å²) in [4.78, 5) is 0. The standard InChI is InChI=1S/C20H18Cl2/c21-19-17-13-7-3-4-8-14(13)18(20(19)22)16-10-12-6-2-1-5-11(12)9-15(16)17/h3-4,7-10,17-20H,1-2,5-6H2/t17-,18+,19-,20+. The molecule has 4 aliphatic rings. The van der Waals surface area contributed by atoms with Gasteiger partial charge in [-0.25, -0.2) is 0 Å². The molecule has 0 heterocycles. The van der Waals surface area contributed by atoms with Crippen LogP contribution in [-0.4, -0.2) is 10.8 Å². The van der Waals surface area contributed by atoms with Gasteiger partial charge in [-0.2, -0.15) is 0 Å². The van der Waals surface area contributed by atoms with E-state index in [2.05, 4.69) is 36.4 Å². The molecule has 0 aliphatic heterocycles. The second kappa shape index (κ2) is 4.76. The van der Waals surface area contributed by atoms with Crippen molar-refractivity contribution in [1.82, 2.24) is 0 Å². The van der Waals surface area contributed by atoms with Crippen LogP contribution in [0.1, 0.15) is 58.1 Å². The van der Waals surface area contributed by atoms with Gasteiger partial charge in [0.2, 0.25) is 0 Å². The van der Waals surface area contributed by atoms with Crippen molar-refractivity contribution in [2.75, 3.05) is 0 Å². The van der Waals surface area contributed by atoms with Crippen LogP contribution in [0, 0.1) is 0 Å². The van der Waals surface area contributed by atoms with Crippen LogP contribution in [0.4, 0.5) is 0 Å². The van der Waals surface area contributed by atoms with Gasteiger partial charge in [-0.05, 0) is 59.1 Å². The lowest BCUT2D eigenvalue weighted by Crippen LogP contribution is -2.41. The molecule has 0 saturated carbocycles. The van der Waals surface area contributed by atoms with Crippen LogP contribution in [0.25, 0.3) is 0 Å². The lowest BCUT2D eigenvalue weighted by Gasteiger charge is -2.47. The van der Waals surface area contributed by atoms with Gasteiger partial charge in [0.15, 0.2) is 0 Å². The van der Waals surface area contributed by atoms with Crippen molar-refractivity contribution in [3.8, 4) is 0 Å². The molecule has 0 nitrogen and oxygen atoms in total. The Labute approximate surface area is 141 Å². The molecule has 0 saturated heterocycles. The zero-order valence-electron chi connectivity index (χ0n) is 12.4. The summed E-state index contributed by atoms with van der Waals surface area (Å²) in [5.74, 6) is 0.514. The van der Waals surface area contributed by atoms with E-state index in [1.807, 2.05) is 0 Å². The molecule has 2 heteroatoms. The van der Waals surface area contributed by atoms with Crippen molar-refractivity contribution in [1.29, 1.82) is 0 Å². The highest BCUT2D eigenvalue weighted by Gasteiger charge is 2.48. The van der Waals surface area contributed by atoms with Crippen molar-refractivity contribution in [3.63, 3.8) is 0 Å². The first-order valence-electron chi connectivity index (χ1n) is 8.28. The predicted octanol–water partition coefficient (Wildman–Crippen LogP) is 5.37. The minimum atomic E-state index is -0.00397. The fourth-order valence-electron chi connectivity index (χ4n) is 4.83. The van der Waals surface area contributed by atoms with E-state index < -0.39 is 0 Å². The Kier molecular flexibility index (Phi) is 2.91. The van der Waals surface area contributed by atoms with E-state index in [0.717, 1.165) is 0 Å². The number of rotatable bonds is 0. The van der Waals surface area contributed by atoms with E-state index in [-0.39, 0.29) is 22.6 Å². The first-order chi connectivity index (χ1) is 10.8. The van der Waals surface area contributed by atoms with Crippen molar-refractivity contribution < 1.29 is 0 Å². The molecule has 2 aromatic carbocycles. The Balaban J connectivity index is 1.79. The highest BCUT2D eigenvalue weighted by Crippen LogP contribution is 2.56. The van der Waals surface area contributed by atoms with Crippen LogP contribution in [0.2, 0.25) is 0 Å².